The lowest BCUT2D eigenvalue weighted by Gasteiger charge is -2.09. The van der Waals surface area contributed by atoms with E-state index in [4.69, 9.17) is 4.74 Å². The average molecular weight is 285 g/mol. The highest BCUT2D eigenvalue weighted by Crippen LogP contribution is 2.18. The van der Waals surface area contributed by atoms with Crippen LogP contribution in [0.3, 0.4) is 0 Å². The third-order valence-electron chi connectivity index (χ3n) is 2.72. The minimum Gasteiger partial charge on any atom is -0.492 e. The molecule has 0 bridgehead atoms. The number of hydrogen-bond donors (Lipinski definition) is 2. The summed E-state index contributed by atoms with van der Waals surface area (Å²) in [6, 6.07) is 4.55. The molecule has 1 aromatic rings. The number of hydrogen-bond acceptors (Lipinski definition) is 4. The van der Waals surface area contributed by atoms with E-state index in [9.17, 15) is 9.18 Å². The molecule has 0 amide bonds. The summed E-state index contributed by atoms with van der Waals surface area (Å²) < 4.78 is 21.5. The minimum absolute atomic E-state index is 0.0192. The van der Waals surface area contributed by atoms with Gasteiger partial charge in [-0.15, -0.1) is 0 Å². The number of carbonyl (C=O) groups excluding carboxylic acids is 1. The summed E-state index contributed by atoms with van der Waals surface area (Å²) in [5.74, 6) is 0.343. The van der Waals surface area contributed by atoms with E-state index in [0.717, 1.165) is 5.56 Å². The Hall–Kier alpha value is -1.07. The van der Waals surface area contributed by atoms with Gasteiger partial charge in [-0.2, -0.15) is 0 Å². The first-order valence-corrected chi connectivity index (χ1v) is 6.79. The SMILES string of the molecule is CC(C)C(=O)CCc1cc(F)cc(OCCNS)c1. The van der Waals surface area contributed by atoms with Gasteiger partial charge in [0.15, 0.2) is 0 Å². The minimum atomic E-state index is -0.344. The van der Waals surface area contributed by atoms with Crippen LogP contribution in [0.25, 0.3) is 0 Å². The lowest BCUT2D eigenvalue weighted by atomic mass is 10.0. The van der Waals surface area contributed by atoms with Crippen molar-refractivity contribution in [2.24, 2.45) is 5.92 Å². The first kappa shape index (κ1) is 16.0. The molecular weight excluding hydrogens is 265 g/mol. The normalized spacial score (nSPS) is 10.8. The second-order valence-corrected chi connectivity index (χ2v) is 4.99. The zero-order valence-corrected chi connectivity index (χ0v) is 12.2. The number of nitrogens with one attached hydrogen (secondary N) is 1. The lowest BCUT2D eigenvalue weighted by Crippen LogP contribution is -2.12. The van der Waals surface area contributed by atoms with Gasteiger partial charge in [0.25, 0.3) is 0 Å². The lowest BCUT2D eigenvalue weighted by molar-refractivity contribution is -0.121. The third-order valence-corrected chi connectivity index (χ3v) is 2.94. The summed E-state index contributed by atoms with van der Waals surface area (Å²) in [6.45, 7) is 4.72. The molecule has 0 heterocycles. The molecule has 0 radical (unpaired) electrons. The molecule has 19 heavy (non-hydrogen) atoms. The van der Waals surface area contributed by atoms with E-state index in [2.05, 4.69) is 17.5 Å². The Morgan fingerprint density at radius 1 is 1.42 bits per heavy atom. The summed E-state index contributed by atoms with van der Waals surface area (Å²) in [5, 5.41) is 0. The van der Waals surface area contributed by atoms with E-state index in [-0.39, 0.29) is 17.5 Å². The van der Waals surface area contributed by atoms with E-state index in [1.54, 1.807) is 6.07 Å². The van der Waals surface area contributed by atoms with Gasteiger partial charge in [-0.25, -0.2) is 4.39 Å². The van der Waals surface area contributed by atoms with Crippen molar-refractivity contribution in [3.8, 4) is 5.75 Å². The van der Waals surface area contributed by atoms with Crippen LogP contribution in [0.1, 0.15) is 25.8 Å². The van der Waals surface area contributed by atoms with Crippen molar-refractivity contribution in [1.82, 2.24) is 4.72 Å². The molecule has 106 valence electrons. The zero-order chi connectivity index (χ0) is 14.3. The van der Waals surface area contributed by atoms with Crippen molar-refractivity contribution >= 4 is 18.6 Å². The zero-order valence-electron chi connectivity index (χ0n) is 11.3. The van der Waals surface area contributed by atoms with Crippen LogP contribution < -0.4 is 9.46 Å². The highest BCUT2D eigenvalue weighted by atomic mass is 32.1. The second-order valence-electron chi connectivity index (χ2n) is 4.67. The Bertz CT molecular complexity index is 424. The van der Waals surface area contributed by atoms with Gasteiger partial charge in [0.05, 0.1) is 0 Å². The molecule has 0 fully saturated rings. The van der Waals surface area contributed by atoms with Crippen molar-refractivity contribution in [2.45, 2.75) is 26.7 Å². The topological polar surface area (TPSA) is 38.3 Å². The molecular formula is C14H20FNO2S. The fourth-order valence-electron chi connectivity index (χ4n) is 1.62. The number of thiol groups is 1. The Labute approximate surface area is 119 Å². The number of ketones is 1. The van der Waals surface area contributed by atoms with Crippen LogP contribution in [0.4, 0.5) is 4.39 Å². The first-order chi connectivity index (χ1) is 9.02. The van der Waals surface area contributed by atoms with Crippen LogP contribution in [0.5, 0.6) is 5.75 Å². The van der Waals surface area contributed by atoms with Crippen LogP contribution in [0.15, 0.2) is 18.2 Å². The quantitative estimate of drug-likeness (QED) is 0.570. The first-order valence-electron chi connectivity index (χ1n) is 6.35. The molecule has 0 saturated carbocycles. The standard InChI is InChI=1S/C14H20FNO2S/c1-10(2)14(17)4-3-11-7-12(15)9-13(8-11)18-6-5-16-19/h7-10,16,19H,3-6H2,1-2H3. The van der Waals surface area contributed by atoms with E-state index in [0.29, 0.717) is 31.7 Å². The number of benzene rings is 1. The van der Waals surface area contributed by atoms with E-state index in [1.165, 1.54) is 12.1 Å². The van der Waals surface area contributed by atoms with Gasteiger partial charge in [-0.1, -0.05) is 26.7 Å². The molecule has 0 aromatic heterocycles. The molecule has 1 aromatic carbocycles. The molecule has 5 heteroatoms. The number of carbonyl (C=O) groups is 1. The Morgan fingerprint density at radius 2 is 2.16 bits per heavy atom. The van der Waals surface area contributed by atoms with E-state index >= 15 is 0 Å². The molecule has 3 nitrogen and oxygen atoms in total. The summed E-state index contributed by atoms with van der Waals surface area (Å²) in [5.41, 5.74) is 0.780. The monoisotopic (exact) mass is 285 g/mol. The van der Waals surface area contributed by atoms with Gasteiger partial charge in [-0.3, -0.25) is 9.52 Å². The van der Waals surface area contributed by atoms with Crippen LogP contribution in [0, 0.1) is 11.7 Å². The third kappa shape index (κ3) is 6.07. The van der Waals surface area contributed by atoms with Crippen LogP contribution in [-0.4, -0.2) is 18.9 Å². The van der Waals surface area contributed by atoms with Gasteiger partial charge in [0.1, 0.15) is 24.0 Å². The summed E-state index contributed by atoms with van der Waals surface area (Å²) in [4.78, 5) is 11.6. The maximum absolute atomic E-state index is 13.4. The van der Waals surface area contributed by atoms with E-state index < -0.39 is 0 Å². The van der Waals surface area contributed by atoms with Crippen molar-refractivity contribution in [3.05, 3.63) is 29.6 Å². The largest absolute Gasteiger partial charge is 0.492 e. The molecule has 0 atom stereocenters. The Balaban J connectivity index is 2.60. The summed E-state index contributed by atoms with van der Waals surface area (Å²) >= 11 is 3.84. The highest BCUT2D eigenvalue weighted by Gasteiger charge is 2.08. The number of halogens is 1. The summed E-state index contributed by atoms with van der Waals surface area (Å²) in [7, 11) is 0. The van der Waals surface area contributed by atoms with Gasteiger partial charge in [0, 0.05) is 24.9 Å². The van der Waals surface area contributed by atoms with Crippen LogP contribution in [0.2, 0.25) is 0 Å². The number of Topliss-reactive ketones (excluding diaryl/α,β-unsaturated/α-hetero) is 1. The van der Waals surface area contributed by atoms with E-state index in [1.807, 2.05) is 13.8 Å². The average Bonchev–Trinajstić information content (AvgIpc) is 2.35. The van der Waals surface area contributed by atoms with Crippen molar-refractivity contribution in [1.29, 1.82) is 0 Å². The molecule has 0 aliphatic heterocycles. The second kappa shape index (κ2) is 8.17. The Kier molecular flexibility index (Phi) is 6.87. The molecule has 0 spiro atoms. The van der Waals surface area contributed by atoms with Gasteiger partial charge >= 0.3 is 0 Å². The molecule has 0 aliphatic rings. The van der Waals surface area contributed by atoms with Crippen molar-refractivity contribution in [3.63, 3.8) is 0 Å². The molecule has 1 rings (SSSR count). The van der Waals surface area contributed by atoms with Gasteiger partial charge in [0.2, 0.25) is 0 Å². The fourth-order valence-corrected chi connectivity index (χ4v) is 1.71. The molecule has 0 unspecified atom stereocenters. The number of ether oxygens (including phenoxy) is 1. The van der Waals surface area contributed by atoms with Crippen molar-refractivity contribution in [2.75, 3.05) is 13.2 Å². The Morgan fingerprint density at radius 3 is 2.79 bits per heavy atom. The molecule has 1 N–H and O–H groups in total. The maximum Gasteiger partial charge on any atom is 0.135 e. The van der Waals surface area contributed by atoms with Crippen LogP contribution >= 0.6 is 12.8 Å². The van der Waals surface area contributed by atoms with Crippen molar-refractivity contribution < 1.29 is 13.9 Å². The smallest absolute Gasteiger partial charge is 0.135 e. The van der Waals surface area contributed by atoms with Gasteiger partial charge in [-0.05, 0) is 24.1 Å². The predicted molar refractivity (Wildman–Crippen MR) is 77.0 cm³/mol. The predicted octanol–water partition coefficient (Wildman–Crippen LogP) is 2.80. The number of rotatable bonds is 8. The molecule has 0 saturated heterocycles. The fraction of sp³-hybridized carbons (Fsp3) is 0.500. The number of aryl methyl sites for hydroxylation is 1. The molecule has 0 aliphatic carbocycles. The summed E-state index contributed by atoms with van der Waals surface area (Å²) in [6.07, 6.45) is 0.967. The van der Waals surface area contributed by atoms with Gasteiger partial charge < -0.3 is 4.74 Å². The highest BCUT2D eigenvalue weighted by molar-refractivity contribution is 7.78. The maximum atomic E-state index is 13.4. The van der Waals surface area contributed by atoms with Crippen LogP contribution in [-0.2, 0) is 11.2 Å².